The number of hydrogen-bond donors (Lipinski definition) is 0. The lowest BCUT2D eigenvalue weighted by Crippen LogP contribution is -2.19. The highest BCUT2D eigenvalue weighted by molar-refractivity contribution is 7.16. The number of fused-ring (bicyclic) bond motifs is 1. The number of aromatic nitrogens is 1. The number of esters is 1. The molecule has 0 atom stereocenters. The van der Waals surface area contributed by atoms with Crippen molar-refractivity contribution in [2.75, 3.05) is 20.3 Å². The van der Waals surface area contributed by atoms with Crippen molar-refractivity contribution in [1.29, 1.82) is 5.26 Å². The molecule has 8 heteroatoms. The summed E-state index contributed by atoms with van der Waals surface area (Å²) >= 11 is 1.31. The van der Waals surface area contributed by atoms with Crippen LogP contribution >= 0.6 is 11.3 Å². The third-order valence-electron chi connectivity index (χ3n) is 4.23. The van der Waals surface area contributed by atoms with E-state index in [9.17, 15) is 9.59 Å². The number of nitrogens with zero attached hydrogens (tertiary/aromatic N) is 3. The number of benzene rings is 2. The van der Waals surface area contributed by atoms with E-state index in [1.807, 2.05) is 23.6 Å². The minimum absolute atomic E-state index is 0.396. The molecular weight excluding hydrogens is 390 g/mol. The van der Waals surface area contributed by atoms with Crippen molar-refractivity contribution in [2.24, 2.45) is 4.99 Å². The molecule has 3 rings (SSSR count). The third kappa shape index (κ3) is 4.59. The number of carbonyl (C=O) groups excluding carboxylic acids is 2. The summed E-state index contributed by atoms with van der Waals surface area (Å²) in [7, 11) is 1.33. The Morgan fingerprint density at radius 3 is 2.55 bits per heavy atom. The molecule has 0 saturated heterocycles. The minimum Gasteiger partial charge on any atom is -0.465 e. The topological polar surface area (TPSA) is 93.7 Å². The average molecular weight is 409 g/mol. The molecule has 0 saturated carbocycles. The first-order valence-corrected chi connectivity index (χ1v) is 9.77. The monoisotopic (exact) mass is 409 g/mol. The first-order chi connectivity index (χ1) is 14.1. The second-order valence-electron chi connectivity index (χ2n) is 6.01. The highest BCUT2D eigenvalue weighted by Crippen LogP contribution is 2.20. The lowest BCUT2D eigenvalue weighted by atomic mass is 10.1. The van der Waals surface area contributed by atoms with Crippen LogP contribution in [-0.4, -0.2) is 36.8 Å². The van der Waals surface area contributed by atoms with Gasteiger partial charge in [0.05, 0.1) is 41.1 Å². The molecule has 0 spiro atoms. The van der Waals surface area contributed by atoms with E-state index in [1.165, 1.54) is 18.4 Å². The summed E-state index contributed by atoms with van der Waals surface area (Å²) in [5.74, 6) is -0.826. The van der Waals surface area contributed by atoms with Crippen LogP contribution < -0.4 is 4.80 Å². The lowest BCUT2D eigenvalue weighted by molar-refractivity contribution is 0.0600. The van der Waals surface area contributed by atoms with E-state index in [4.69, 9.17) is 14.7 Å². The standard InChI is InChI=1S/C21H19N3O4S/c1-3-28-11-10-24-17-9-8-16(20(26)27-2)12-18(17)29-21(24)23-19(25)15-6-4-14(13-22)5-7-15/h4-9,12H,3,10-11H2,1-2H3. The van der Waals surface area contributed by atoms with Gasteiger partial charge in [0, 0.05) is 18.7 Å². The summed E-state index contributed by atoms with van der Waals surface area (Å²) in [4.78, 5) is 29.3. The average Bonchev–Trinajstić information content (AvgIpc) is 3.09. The van der Waals surface area contributed by atoms with Gasteiger partial charge >= 0.3 is 5.97 Å². The lowest BCUT2D eigenvalue weighted by Gasteiger charge is -2.06. The summed E-state index contributed by atoms with van der Waals surface area (Å²) in [6, 6.07) is 13.6. The van der Waals surface area contributed by atoms with Gasteiger partial charge in [0.1, 0.15) is 0 Å². The molecule has 0 N–H and O–H groups in total. The van der Waals surface area contributed by atoms with Gasteiger partial charge in [0.15, 0.2) is 4.80 Å². The van der Waals surface area contributed by atoms with Gasteiger partial charge in [0.2, 0.25) is 0 Å². The number of ether oxygens (including phenoxy) is 2. The van der Waals surface area contributed by atoms with Crippen molar-refractivity contribution in [3.05, 3.63) is 64.0 Å². The number of methoxy groups -OCH3 is 1. The van der Waals surface area contributed by atoms with Crippen molar-refractivity contribution in [1.82, 2.24) is 4.57 Å². The maximum absolute atomic E-state index is 12.6. The van der Waals surface area contributed by atoms with Crippen LogP contribution in [0.3, 0.4) is 0 Å². The molecule has 2 aromatic carbocycles. The van der Waals surface area contributed by atoms with E-state index in [1.54, 1.807) is 36.4 Å². The van der Waals surface area contributed by atoms with Crippen LogP contribution in [0.2, 0.25) is 0 Å². The van der Waals surface area contributed by atoms with E-state index < -0.39 is 11.9 Å². The van der Waals surface area contributed by atoms with Gasteiger partial charge in [-0.25, -0.2) is 4.79 Å². The van der Waals surface area contributed by atoms with Gasteiger partial charge in [-0.1, -0.05) is 11.3 Å². The van der Waals surface area contributed by atoms with Crippen LogP contribution in [0.25, 0.3) is 10.2 Å². The quantitative estimate of drug-likeness (QED) is 0.461. The fourth-order valence-electron chi connectivity index (χ4n) is 2.76. The third-order valence-corrected chi connectivity index (χ3v) is 5.27. The van der Waals surface area contributed by atoms with Gasteiger partial charge in [-0.05, 0) is 49.4 Å². The summed E-state index contributed by atoms with van der Waals surface area (Å²) < 4.78 is 13.0. The van der Waals surface area contributed by atoms with Crippen molar-refractivity contribution in [3.63, 3.8) is 0 Å². The molecule has 0 unspecified atom stereocenters. The van der Waals surface area contributed by atoms with Gasteiger partial charge in [-0.15, -0.1) is 0 Å². The highest BCUT2D eigenvalue weighted by Gasteiger charge is 2.13. The minimum atomic E-state index is -0.423. The van der Waals surface area contributed by atoms with Crippen LogP contribution in [0, 0.1) is 11.3 Å². The first-order valence-electron chi connectivity index (χ1n) is 8.96. The van der Waals surface area contributed by atoms with Crippen LogP contribution in [0.15, 0.2) is 47.5 Å². The summed E-state index contributed by atoms with van der Waals surface area (Å²) in [6.45, 7) is 3.49. The molecule has 0 aliphatic heterocycles. The Morgan fingerprint density at radius 2 is 1.90 bits per heavy atom. The Hall–Kier alpha value is -3.28. The number of amides is 1. The molecule has 1 aromatic heterocycles. The summed E-state index contributed by atoms with van der Waals surface area (Å²) in [6.07, 6.45) is 0. The van der Waals surface area contributed by atoms with Crippen LogP contribution in [0.1, 0.15) is 33.2 Å². The molecule has 0 bridgehead atoms. The Balaban J connectivity index is 2.06. The predicted octanol–water partition coefficient (Wildman–Crippen LogP) is 3.14. The molecule has 3 aromatic rings. The first kappa shape index (κ1) is 20.5. The highest BCUT2D eigenvalue weighted by atomic mass is 32.1. The fourth-order valence-corrected chi connectivity index (χ4v) is 3.85. The maximum Gasteiger partial charge on any atom is 0.337 e. The molecule has 1 amide bonds. The zero-order valence-electron chi connectivity index (χ0n) is 16.0. The van der Waals surface area contributed by atoms with Crippen LogP contribution in [-0.2, 0) is 16.0 Å². The summed E-state index contributed by atoms with van der Waals surface area (Å²) in [5, 5.41) is 8.90. The Bertz CT molecular complexity index is 1150. The molecule has 148 valence electrons. The largest absolute Gasteiger partial charge is 0.465 e. The van der Waals surface area contributed by atoms with Crippen molar-refractivity contribution in [2.45, 2.75) is 13.5 Å². The molecule has 1 heterocycles. The van der Waals surface area contributed by atoms with E-state index in [-0.39, 0.29) is 0 Å². The van der Waals surface area contributed by atoms with Gasteiger partial charge in [-0.2, -0.15) is 10.3 Å². The molecule has 0 aliphatic carbocycles. The molecular formula is C21H19N3O4S. The fraction of sp³-hybridized carbons (Fsp3) is 0.238. The molecule has 7 nitrogen and oxygen atoms in total. The second-order valence-corrected chi connectivity index (χ2v) is 7.02. The van der Waals surface area contributed by atoms with Crippen molar-refractivity contribution < 1.29 is 19.1 Å². The van der Waals surface area contributed by atoms with Gasteiger partial charge < -0.3 is 14.0 Å². The van der Waals surface area contributed by atoms with E-state index in [0.29, 0.717) is 41.3 Å². The Morgan fingerprint density at radius 1 is 1.17 bits per heavy atom. The zero-order valence-corrected chi connectivity index (χ0v) is 16.9. The van der Waals surface area contributed by atoms with Crippen LogP contribution in [0.5, 0.6) is 0 Å². The SMILES string of the molecule is CCOCCn1c(=NC(=O)c2ccc(C#N)cc2)sc2cc(C(=O)OC)ccc21. The molecule has 0 fully saturated rings. The summed E-state index contributed by atoms with van der Waals surface area (Å²) in [5.41, 5.74) is 2.16. The number of rotatable bonds is 6. The zero-order chi connectivity index (χ0) is 20.8. The smallest absolute Gasteiger partial charge is 0.337 e. The number of hydrogen-bond acceptors (Lipinski definition) is 6. The number of nitriles is 1. The van der Waals surface area contributed by atoms with Gasteiger partial charge in [0.25, 0.3) is 5.91 Å². The number of thiazole rings is 1. The van der Waals surface area contributed by atoms with E-state index >= 15 is 0 Å². The molecule has 0 radical (unpaired) electrons. The molecule has 0 aliphatic rings. The van der Waals surface area contributed by atoms with E-state index in [2.05, 4.69) is 4.99 Å². The van der Waals surface area contributed by atoms with Crippen molar-refractivity contribution >= 4 is 33.4 Å². The number of carbonyl (C=O) groups is 2. The van der Waals surface area contributed by atoms with Crippen molar-refractivity contribution in [3.8, 4) is 6.07 Å². The molecule has 29 heavy (non-hydrogen) atoms. The predicted molar refractivity (Wildman–Crippen MR) is 109 cm³/mol. The second kappa shape index (κ2) is 9.28. The normalized spacial score (nSPS) is 11.4. The Labute approximate surface area is 171 Å². The van der Waals surface area contributed by atoms with Crippen LogP contribution in [0.4, 0.5) is 0 Å². The maximum atomic E-state index is 12.6. The van der Waals surface area contributed by atoms with Gasteiger partial charge in [-0.3, -0.25) is 4.79 Å². The Kier molecular flexibility index (Phi) is 6.54. The van der Waals surface area contributed by atoms with E-state index in [0.717, 1.165) is 10.2 Å².